The fourth-order valence-electron chi connectivity index (χ4n) is 3.34. The fourth-order valence-corrected chi connectivity index (χ4v) is 3.34. The lowest BCUT2D eigenvalue weighted by Gasteiger charge is -2.29. The number of nitrogens with zero attached hydrogens (tertiary/aromatic N) is 6. The first-order chi connectivity index (χ1) is 12.4. The molecule has 0 bridgehead atoms. The smallest absolute Gasteiger partial charge is 0.155 e. The highest BCUT2D eigenvalue weighted by atomic mass is 15.3. The minimum Gasteiger partial charge on any atom is -0.304 e. The summed E-state index contributed by atoms with van der Waals surface area (Å²) in [5.74, 6) is 1.00. The second kappa shape index (κ2) is 5.90. The van der Waals surface area contributed by atoms with Crippen LogP contribution in [0.4, 0.5) is 0 Å². The lowest BCUT2D eigenvalue weighted by molar-refractivity contribution is 0.354. The van der Waals surface area contributed by atoms with E-state index in [1.54, 1.807) is 12.4 Å². The Morgan fingerprint density at radius 3 is 2.62 bits per heavy atom. The molecule has 0 fully saturated rings. The van der Waals surface area contributed by atoms with Gasteiger partial charge in [-0.1, -0.05) is 27.7 Å². The Morgan fingerprint density at radius 1 is 1.00 bits per heavy atom. The predicted octanol–water partition coefficient (Wildman–Crippen LogP) is 3.81. The summed E-state index contributed by atoms with van der Waals surface area (Å²) >= 11 is 0. The SMILES string of the molecule is CC(C)(CCC(C)(C)c1ncc2cccnn12)c1cn2ccncc2n1. The van der Waals surface area contributed by atoms with Gasteiger partial charge in [-0.2, -0.15) is 5.10 Å². The van der Waals surface area contributed by atoms with Gasteiger partial charge in [-0.05, 0) is 25.0 Å². The second-order valence-corrected chi connectivity index (χ2v) is 8.18. The number of aromatic nitrogens is 6. The van der Waals surface area contributed by atoms with E-state index in [0.717, 1.165) is 35.5 Å². The molecular weight excluding hydrogens is 324 g/mol. The molecule has 0 atom stereocenters. The molecule has 4 aromatic rings. The van der Waals surface area contributed by atoms with E-state index < -0.39 is 0 Å². The minimum absolute atomic E-state index is 0.0379. The Kier molecular flexibility index (Phi) is 3.79. The molecule has 134 valence electrons. The van der Waals surface area contributed by atoms with E-state index in [-0.39, 0.29) is 10.8 Å². The van der Waals surface area contributed by atoms with E-state index in [4.69, 9.17) is 4.98 Å². The lowest BCUT2D eigenvalue weighted by atomic mass is 9.77. The maximum Gasteiger partial charge on any atom is 0.155 e. The molecule has 4 aromatic heterocycles. The monoisotopic (exact) mass is 348 g/mol. The van der Waals surface area contributed by atoms with Gasteiger partial charge in [0.05, 0.1) is 23.6 Å². The summed E-state index contributed by atoms with van der Waals surface area (Å²) in [6, 6.07) is 3.98. The van der Waals surface area contributed by atoms with Gasteiger partial charge in [-0.3, -0.25) is 4.98 Å². The molecule has 0 amide bonds. The summed E-state index contributed by atoms with van der Waals surface area (Å²) < 4.78 is 3.98. The van der Waals surface area contributed by atoms with E-state index in [0.29, 0.717) is 0 Å². The van der Waals surface area contributed by atoms with Crippen LogP contribution in [0, 0.1) is 0 Å². The number of hydrogen-bond donors (Lipinski definition) is 0. The van der Waals surface area contributed by atoms with Crippen LogP contribution in [-0.4, -0.2) is 29.0 Å². The van der Waals surface area contributed by atoms with E-state index in [1.165, 1.54) is 0 Å². The van der Waals surface area contributed by atoms with Gasteiger partial charge in [0, 0.05) is 35.6 Å². The summed E-state index contributed by atoms with van der Waals surface area (Å²) in [6.07, 6.45) is 13.3. The quantitative estimate of drug-likeness (QED) is 0.550. The van der Waals surface area contributed by atoms with Crippen LogP contribution in [0.15, 0.2) is 49.3 Å². The summed E-state index contributed by atoms with van der Waals surface area (Å²) in [6.45, 7) is 8.97. The third kappa shape index (κ3) is 2.85. The van der Waals surface area contributed by atoms with Crippen molar-refractivity contribution >= 4 is 11.2 Å². The zero-order valence-electron chi connectivity index (χ0n) is 15.7. The van der Waals surface area contributed by atoms with Gasteiger partial charge in [0.1, 0.15) is 5.82 Å². The van der Waals surface area contributed by atoms with Crippen molar-refractivity contribution in [1.82, 2.24) is 29.0 Å². The maximum absolute atomic E-state index is 4.77. The summed E-state index contributed by atoms with van der Waals surface area (Å²) in [7, 11) is 0. The molecular formula is C20H24N6. The van der Waals surface area contributed by atoms with Crippen molar-refractivity contribution in [2.75, 3.05) is 0 Å². The molecule has 0 aliphatic rings. The van der Waals surface area contributed by atoms with Crippen LogP contribution in [0.3, 0.4) is 0 Å². The molecule has 0 saturated heterocycles. The van der Waals surface area contributed by atoms with E-state index >= 15 is 0 Å². The summed E-state index contributed by atoms with van der Waals surface area (Å²) in [5.41, 5.74) is 2.89. The molecule has 4 heterocycles. The Morgan fingerprint density at radius 2 is 1.81 bits per heavy atom. The van der Waals surface area contributed by atoms with E-state index in [2.05, 4.69) is 49.0 Å². The van der Waals surface area contributed by atoms with E-state index in [1.807, 2.05) is 39.6 Å². The molecule has 0 spiro atoms. The zero-order chi connectivity index (χ0) is 18.4. The topological polar surface area (TPSA) is 60.4 Å². The molecule has 0 N–H and O–H groups in total. The molecule has 0 radical (unpaired) electrons. The van der Waals surface area contributed by atoms with Crippen LogP contribution < -0.4 is 0 Å². The van der Waals surface area contributed by atoms with Crippen molar-refractivity contribution < 1.29 is 0 Å². The average molecular weight is 348 g/mol. The predicted molar refractivity (Wildman–Crippen MR) is 101 cm³/mol. The average Bonchev–Trinajstić information content (AvgIpc) is 3.25. The molecule has 26 heavy (non-hydrogen) atoms. The molecule has 0 unspecified atom stereocenters. The Hall–Kier alpha value is -2.76. The van der Waals surface area contributed by atoms with Crippen LogP contribution in [0.1, 0.15) is 52.1 Å². The van der Waals surface area contributed by atoms with Crippen molar-refractivity contribution in [2.45, 2.75) is 51.4 Å². The second-order valence-electron chi connectivity index (χ2n) is 8.18. The van der Waals surface area contributed by atoms with Gasteiger partial charge in [-0.25, -0.2) is 14.5 Å². The van der Waals surface area contributed by atoms with Crippen LogP contribution >= 0.6 is 0 Å². The van der Waals surface area contributed by atoms with Crippen molar-refractivity contribution in [1.29, 1.82) is 0 Å². The Labute approximate surface area is 152 Å². The first-order valence-corrected chi connectivity index (χ1v) is 8.95. The highest BCUT2D eigenvalue weighted by Crippen LogP contribution is 2.35. The molecule has 0 aromatic carbocycles. The molecule has 0 saturated carbocycles. The van der Waals surface area contributed by atoms with Crippen LogP contribution in [0.5, 0.6) is 0 Å². The first-order valence-electron chi connectivity index (χ1n) is 8.95. The van der Waals surface area contributed by atoms with Crippen molar-refractivity contribution in [3.05, 3.63) is 60.8 Å². The Bertz CT molecular complexity index is 1020. The van der Waals surface area contributed by atoms with Gasteiger partial charge in [0.2, 0.25) is 0 Å². The minimum atomic E-state index is -0.0846. The van der Waals surface area contributed by atoms with Crippen LogP contribution in [0.25, 0.3) is 11.2 Å². The lowest BCUT2D eigenvalue weighted by Crippen LogP contribution is -2.26. The van der Waals surface area contributed by atoms with Crippen molar-refractivity contribution in [3.63, 3.8) is 0 Å². The zero-order valence-corrected chi connectivity index (χ0v) is 15.7. The third-order valence-electron chi connectivity index (χ3n) is 5.24. The normalized spacial score (nSPS) is 12.9. The van der Waals surface area contributed by atoms with Gasteiger partial charge in [0.15, 0.2) is 5.65 Å². The first kappa shape index (κ1) is 16.7. The van der Waals surface area contributed by atoms with Gasteiger partial charge in [-0.15, -0.1) is 0 Å². The highest BCUT2D eigenvalue weighted by Gasteiger charge is 2.31. The van der Waals surface area contributed by atoms with Gasteiger partial charge < -0.3 is 4.40 Å². The maximum atomic E-state index is 4.77. The summed E-state index contributed by atoms with van der Waals surface area (Å²) in [5, 5.41) is 4.47. The van der Waals surface area contributed by atoms with Crippen molar-refractivity contribution in [3.8, 4) is 0 Å². The molecule has 0 aliphatic heterocycles. The van der Waals surface area contributed by atoms with Crippen molar-refractivity contribution in [2.24, 2.45) is 0 Å². The number of rotatable bonds is 5. The number of fused-ring (bicyclic) bond motifs is 2. The van der Waals surface area contributed by atoms with Gasteiger partial charge in [0.25, 0.3) is 0 Å². The Balaban J connectivity index is 1.58. The number of hydrogen-bond acceptors (Lipinski definition) is 4. The molecule has 6 heteroatoms. The molecule has 6 nitrogen and oxygen atoms in total. The molecule has 0 aliphatic carbocycles. The molecule has 4 rings (SSSR count). The largest absolute Gasteiger partial charge is 0.304 e. The third-order valence-corrected chi connectivity index (χ3v) is 5.24. The van der Waals surface area contributed by atoms with E-state index in [9.17, 15) is 0 Å². The fraction of sp³-hybridized carbons (Fsp3) is 0.400. The van der Waals surface area contributed by atoms with Crippen LogP contribution in [-0.2, 0) is 10.8 Å². The van der Waals surface area contributed by atoms with Gasteiger partial charge >= 0.3 is 0 Å². The highest BCUT2D eigenvalue weighted by molar-refractivity contribution is 5.44. The summed E-state index contributed by atoms with van der Waals surface area (Å²) in [4.78, 5) is 13.6. The number of imidazole rings is 2. The van der Waals surface area contributed by atoms with Crippen LogP contribution in [0.2, 0.25) is 0 Å². The standard InChI is InChI=1S/C20H24N6/c1-19(2,16-14-25-11-10-21-13-17(25)24-16)7-8-20(3,4)18-22-12-15-6-5-9-23-26(15)18/h5-6,9-14H,7-8H2,1-4H3.